The molecule has 0 radical (unpaired) electrons. The highest BCUT2D eigenvalue weighted by Crippen LogP contribution is 2.17. The Balaban J connectivity index is 2.56. The Hall–Kier alpha value is -0.930. The van der Waals surface area contributed by atoms with Crippen molar-refractivity contribution in [2.45, 2.75) is 32.1 Å². The largest absolute Gasteiger partial charge is 0.393 e. The van der Waals surface area contributed by atoms with Crippen molar-refractivity contribution in [3.63, 3.8) is 0 Å². The van der Waals surface area contributed by atoms with Crippen molar-refractivity contribution < 1.29 is 0 Å². The van der Waals surface area contributed by atoms with Crippen LogP contribution in [0.4, 0.5) is 0 Å². The molecule has 100 valence electrons. The number of benzene rings is 1. The van der Waals surface area contributed by atoms with Gasteiger partial charge in [-0.2, -0.15) is 0 Å². The number of likely N-dealkylation sites (N-methyl/N-ethyl adjacent to an activating group) is 1. The smallest absolute Gasteiger partial charge is 0.0816 e. The average Bonchev–Trinajstić information content (AvgIpc) is 2.37. The first-order chi connectivity index (χ1) is 8.65. The van der Waals surface area contributed by atoms with E-state index in [-0.39, 0.29) is 5.92 Å². The van der Waals surface area contributed by atoms with Gasteiger partial charge < -0.3 is 10.6 Å². The standard InChI is InChI=1S/C15H24N2S/c1-3-4-8-11-17(2)12-14(15(16)18)13-9-6-5-7-10-13/h5-7,9-10,14H,3-4,8,11-12H2,1-2H3,(H2,16,18). The molecule has 0 fully saturated rings. The third-order valence-corrected chi connectivity index (χ3v) is 3.47. The number of nitrogens with zero attached hydrogens (tertiary/aromatic N) is 1. The molecule has 1 unspecified atom stereocenters. The second kappa shape index (κ2) is 8.22. The Bertz CT molecular complexity index is 351. The minimum atomic E-state index is 0.160. The third-order valence-electron chi connectivity index (χ3n) is 3.18. The number of thiocarbonyl (C=S) groups is 1. The Morgan fingerprint density at radius 3 is 2.50 bits per heavy atom. The molecule has 0 aliphatic heterocycles. The predicted molar refractivity (Wildman–Crippen MR) is 83.0 cm³/mol. The molecule has 0 bridgehead atoms. The molecule has 0 saturated heterocycles. The van der Waals surface area contributed by atoms with Gasteiger partial charge in [-0.1, -0.05) is 62.3 Å². The summed E-state index contributed by atoms with van der Waals surface area (Å²) in [6.45, 7) is 4.24. The van der Waals surface area contributed by atoms with Crippen molar-refractivity contribution in [1.82, 2.24) is 4.90 Å². The van der Waals surface area contributed by atoms with Gasteiger partial charge in [-0.15, -0.1) is 0 Å². The maximum atomic E-state index is 5.88. The van der Waals surface area contributed by atoms with Crippen molar-refractivity contribution in [1.29, 1.82) is 0 Å². The lowest BCUT2D eigenvalue weighted by atomic mass is 9.98. The van der Waals surface area contributed by atoms with Crippen LogP contribution in [-0.4, -0.2) is 30.0 Å². The zero-order chi connectivity index (χ0) is 13.4. The number of unbranched alkanes of at least 4 members (excludes halogenated alkanes) is 2. The minimum Gasteiger partial charge on any atom is -0.393 e. The van der Waals surface area contributed by atoms with Crippen LogP contribution in [0.3, 0.4) is 0 Å². The van der Waals surface area contributed by atoms with E-state index in [0.29, 0.717) is 4.99 Å². The summed E-state index contributed by atoms with van der Waals surface area (Å²) in [7, 11) is 2.14. The first kappa shape index (κ1) is 15.1. The van der Waals surface area contributed by atoms with Gasteiger partial charge in [-0.3, -0.25) is 0 Å². The van der Waals surface area contributed by atoms with Gasteiger partial charge in [0.25, 0.3) is 0 Å². The van der Waals surface area contributed by atoms with E-state index in [1.807, 2.05) is 18.2 Å². The molecule has 2 nitrogen and oxygen atoms in total. The maximum absolute atomic E-state index is 5.88. The zero-order valence-electron chi connectivity index (χ0n) is 11.4. The Morgan fingerprint density at radius 1 is 1.28 bits per heavy atom. The molecular weight excluding hydrogens is 240 g/mol. The molecule has 3 heteroatoms. The summed E-state index contributed by atoms with van der Waals surface area (Å²) in [5.41, 5.74) is 7.09. The van der Waals surface area contributed by atoms with Crippen LogP contribution in [0.15, 0.2) is 30.3 Å². The molecule has 1 atom stereocenters. The number of hydrogen-bond donors (Lipinski definition) is 1. The molecule has 0 aliphatic rings. The molecule has 0 saturated carbocycles. The van der Waals surface area contributed by atoms with Gasteiger partial charge in [-0.25, -0.2) is 0 Å². The zero-order valence-corrected chi connectivity index (χ0v) is 12.2. The fourth-order valence-corrected chi connectivity index (χ4v) is 2.29. The van der Waals surface area contributed by atoms with E-state index in [1.54, 1.807) is 0 Å². The maximum Gasteiger partial charge on any atom is 0.0816 e. The quantitative estimate of drug-likeness (QED) is 0.577. The van der Waals surface area contributed by atoms with Crippen LogP contribution in [0.25, 0.3) is 0 Å². The molecule has 0 amide bonds. The molecule has 0 spiro atoms. The SMILES string of the molecule is CCCCCN(C)CC(C(N)=S)c1ccccc1. The van der Waals surface area contributed by atoms with Gasteiger partial charge in [0.2, 0.25) is 0 Å². The number of hydrogen-bond acceptors (Lipinski definition) is 2. The Kier molecular flexibility index (Phi) is 6.91. The van der Waals surface area contributed by atoms with Gasteiger partial charge in [0.05, 0.1) is 4.99 Å². The average molecular weight is 264 g/mol. The van der Waals surface area contributed by atoms with Crippen LogP contribution in [-0.2, 0) is 0 Å². The molecule has 1 aromatic carbocycles. The van der Waals surface area contributed by atoms with Gasteiger partial charge in [0.1, 0.15) is 0 Å². The summed E-state index contributed by atoms with van der Waals surface area (Å²) in [5, 5.41) is 0. The lowest BCUT2D eigenvalue weighted by Gasteiger charge is -2.23. The van der Waals surface area contributed by atoms with E-state index in [9.17, 15) is 0 Å². The van der Waals surface area contributed by atoms with Crippen LogP contribution >= 0.6 is 12.2 Å². The summed E-state index contributed by atoms with van der Waals surface area (Å²) in [5.74, 6) is 0.160. The van der Waals surface area contributed by atoms with Gasteiger partial charge >= 0.3 is 0 Å². The van der Waals surface area contributed by atoms with E-state index in [2.05, 4.69) is 31.0 Å². The van der Waals surface area contributed by atoms with Crippen molar-refractivity contribution in [2.75, 3.05) is 20.1 Å². The van der Waals surface area contributed by atoms with E-state index in [1.165, 1.54) is 24.8 Å². The minimum absolute atomic E-state index is 0.160. The Labute approximate surface area is 116 Å². The van der Waals surface area contributed by atoms with Crippen LogP contribution in [0.2, 0.25) is 0 Å². The van der Waals surface area contributed by atoms with E-state index < -0.39 is 0 Å². The molecule has 18 heavy (non-hydrogen) atoms. The highest BCUT2D eigenvalue weighted by molar-refractivity contribution is 7.80. The normalized spacial score (nSPS) is 12.6. The van der Waals surface area contributed by atoms with Crippen molar-refractivity contribution in [3.05, 3.63) is 35.9 Å². The van der Waals surface area contributed by atoms with Crippen LogP contribution in [0.1, 0.15) is 37.7 Å². The van der Waals surface area contributed by atoms with Crippen molar-refractivity contribution >= 4 is 17.2 Å². The molecule has 1 rings (SSSR count). The summed E-state index contributed by atoms with van der Waals surface area (Å²) >= 11 is 5.20. The van der Waals surface area contributed by atoms with E-state index in [4.69, 9.17) is 18.0 Å². The van der Waals surface area contributed by atoms with Gasteiger partial charge in [-0.05, 0) is 25.6 Å². The van der Waals surface area contributed by atoms with Crippen LogP contribution < -0.4 is 5.73 Å². The second-order valence-electron chi connectivity index (χ2n) is 4.83. The first-order valence-electron chi connectivity index (χ1n) is 6.68. The monoisotopic (exact) mass is 264 g/mol. The molecule has 0 aromatic heterocycles. The Morgan fingerprint density at radius 2 is 1.94 bits per heavy atom. The second-order valence-corrected chi connectivity index (χ2v) is 5.31. The lowest BCUT2D eigenvalue weighted by Crippen LogP contribution is -2.32. The summed E-state index contributed by atoms with van der Waals surface area (Å²) < 4.78 is 0. The molecule has 1 aromatic rings. The van der Waals surface area contributed by atoms with Gasteiger partial charge in [0, 0.05) is 12.5 Å². The topological polar surface area (TPSA) is 29.3 Å². The van der Waals surface area contributed by atoms with Crippen LogP contribution in [0, 0.1) is 0 Å². The fourth-order valence-electron chi connectivity index (χ4n) is 2.08. The fraction of sp³-hybridized carbons (Fsp3) is 0.533. The predicted octanol–water partition coefficient (Wildman–Crippen LogP) is 3.18. The number of rotatable bonds is 8. The summed E-state index contributed by atoms with van der Waals surface area (Å²) in [4.78, 5) is 2.91. The summed E-state index contributed by atoms with van der Waals surface area (Å²) in [6, 6.07) is 10.3. The summed E-state index contributed by atoms with van der Waals surface area (Å²) in [6.07, 6.45) is 3.78. The number of nitrogens with two attached hydrogens (primary N) is 1. The molecule has 2 N–H and O–H groups in total. The van der Waals surface area contributed by atoms with Crippen LogP contribution in [0.5, 0.6) is 0 Å². The van der Waals surface area contributed by atoms with Crippen molar-refractivity contribution in [3.8, 4) is 0 Å². The first-order valence-corrected chi connectivity index (χ1v) is 7.08. The van der Waals surface area contributed by atoms with Gasteiger partial charge in [0.15, 0.2) is 0 Å². The molecular formula is C15H24N2S. The van der Waals surface area contributed by atoms with E-state index in [0.717, 1.165) is 13.1 Å². The lowest BCUT2D eigenvalue weighted by molar-refractivity contribution is 0.322. The highest BCUT2D eigenvalue weighted by atomic mass is 32.1. The third kappa shape index (κ3) is 5.15. The van der Waals surface area contributed by atoms with Crippen molar-refractivity contribution in [2.24, 2.45) is 5.73 Å². The van der Waals surface area contributed by atoms with E-state index >= 15 is 0 Å². The molecule has 0 aliphatic carbocycles. The molecule has 0 heterocycles. The highest BCUT2D eigenvalue weighted by Gasteiger charge is 2.16.